The molecule has 0 unspecified atom stereocenters. The van der Waals surface area contributed by atoms with Crippen LogP contribution in [-0.4, -0.2) is 128 Å². The van der Waals surface area contributed by atoms with Crippen LogP contribution in [-0.2, 0) is 18.9 Å². The quantitative estimate of drug-likeness (QED) is 0.0765. The fourth-order valence-electron chi connectivity index (χ4n) is 3.79. The Balaban J connectivity index is 2.27. The van der Waals surface area contributed by atoms with Crippen molar-refractivity contribution in [3.63, 3.8) is 0 Å². The third kappa shape index (κ3) is 9.10. The Labute approximate surface area is 221 Å². The van der Waals surface area contributed by atoms with Gasteiger partial charge in [0.25, 0.3) is 0 Å². The predicted octanol–water partition coefficient (Wildman–Crippen LogP) is -2.70. The number of aliphatic hydroxyl groups excluding tert-OH is 8. The molecule has 38 heavy (non-hydrogen) atoms. The Hall–Kier alpha value is -1.88. The Morgan fingerprint density at radius 2 is 1.50 bits per heavy atom. The normalized spacial score (nSPS) is 36.4. The van der Waals surface area contributed by atoms with Gasteiger partial charge in [0.1, 0.15) is 48.8 Å². The van der Waals surface area contributed by atoms with Crippen LogP contribution in [0.25, 0.3) is 0 Å². The molecule has 0 bridgehead atoms. The standard InChI is InChI=1S/C26H38O12/c1-2-3-4-5-6-8-11-16(12-9-7-10-13-27)35-26-24(22(33)20(31)18(15-29)37-26)38-25-23(34)21(32)19(30)17(14-28)36-25/h2-3,9,12,16-34H,7,10-11,13-15H2,1H3/b3-2+,12-9+/t16-,17+,18+,19+,20+,21-,22-,23+,24+,25-,26+/m0/s1. The summed E-state index contributed by atoms with van der Waals surface area (Å²) >= 11 is 0. The number of aliphatic hydroxyl groups is 8. The number of rotatable bonds is 11. The zero-order valence-corrected chi connectivity index (χ0v) is 21.1. The van der Waals surface area contributed by atoms with Crippen molar-refractivity contribution in [1.29, 1.82) is 0 Å². The first-order chi connectivity index (χ1) is 18.3. The van der Waals surface area contributed by atoms with Gasteiger partial charge in [-0.2, -0.15) is 0 Å². The molecule has 0 aliphatic carbocycles. The third-order valence-corrected chi connectivity index (χ3v) is 5.93. The van der Waals surface area contributed by atoms with Gasteiger partial charge in [0.05, 0.1) is 19.3 Å². The fourth-order valence-corrected chi connectivity index (χ4v) is 3.79. The lowest BCUT2D eigenvalue weighted by Gasteiger charge is -2.46. The first kappa shape index (κ1) is 32.3. The molecule has 2 aliphatic rings. The number of hydrogen-bond donors (Lipinski definition) is 8. The largest absolute Gasteiger partial charge is 0.396 e. The summed E-state index contributed by atoms with van der Waals surface area (Å²) in [5.41, 5.74) is 0. The van der Waals surface area contributed by atoms with E-state index in [9.17, 15) is 35.7 Å². The summed E-state index contributed by atoms with van der Waals surface area (Å²) in [6.07, 6.45) is -8.19. The molecule has 2 fully saturated rings. The van der Waals surface area contributed by atoms with Crippen molar-refractivity contribution in [3.8, 4) is 23.7 Å². The Bertz CT molecular complexity index is 869. The van der Waals surface area contributed by atoms with Crippen LogP contribution in [0.5, 0.6) is 0 Å². The van der Waals surface area contributed by atoms with E-state index in [0.29, 0.717) is 12.8 Å². The third-order valence-electron chi connectivity index (χ3n) is 5.93. The van der Waals surface area contributed by atoms with Crippen molar-refractivity contribution in [2.75, 3.05) is 19.8 Å². The highest BCUT2D eigenvalue weighted by atomic mass is 16.8. The van der Waals surface area contributed by atoms with Crippen molar-refractivity contribution >= 4 is 0 Å². The second-order valence-corrected chi connectivity index (χ2v) is 8.75. The fraction of sp³-hybridized carbons (Fsp3) is 0.692. The van der Waals surface area contributed by atoms with E-state index in [4.69, 9.17) is 24.1 Å². The number of unbranched alkanes of at least 4 members (excludes halogenated alkanes) is 1. The van der Waals surface area contributed by atoms with Gasteiger partial charge in [-0.05, 0) is 37.7 Å². The molecule has 2 rings (SSSR count). The van der Waals surface area contributed by atoms with Gasteiger partial charge in [0.2, 0.25) is 0 Å². The van der Waals surface area contributed by atoms with Gasteiger partial charge in [-0.25, -0.2) is 0 Å². The van der Waals surface area contributed by atoms with Gasteiger partial charge in [-0.15, -0.1) is 0 Å². The number of ether oxygens (including phenoxy) is 4. The molecule has 0 aromatic heterocycles. The predicted molar refractivity (Wildman–Crippen MR) is 132 cm³/mol. The van der Waals surface area contributed by atoms with Crippen LogP contribution in [0.3, 0.4) is 0 Å². The van der Waals surface area contributed by atoms with Crippen LogP contribution in [0.2, 0.25) is 0 Å². The SMILES string of the molecule is C/C=C/C#CC#CC[C@@H](/C=C/CCCO)O[C@@H]1O[C@H](CO)[C@@H](O)[C@H](O)[C@H]1O[C@@H]1O[C@H](CO)[C@@H](O)[C@H](O)[C@H]1O. The highest BCUT2D eigenvalue weighted by Crippen LogP contribution is 2.30. The van der Waals surface area contributed by atoms with E-state index in [0.717, 1.165) is 0 Å². The van der Waals surface area contributed by atoms with Crippen molar-refractivity contribution in [3.05, 3.63) is 24.3 Å². The minimum absolute atomic E-state index is 0.000780. The molecule has 0 aromatic rings. The Morgan fingerprint density at radius 1 is 0.842 bits per heavy atom. The van der Waals surface area contributed by atoms with E-state index in [-0.39, 0.29) is 13.0 Å². The molecule has 214 valence electrons. The topological polar surface area (TPSA) is 199 Å². The van der Waals surface area contributed by atoms with Crippen LogP contribution in [0, 0.1) is 23.7 Å². The van der Waals surface area contributed by atoms with E-state index in [1.807, 2.05) is 6.92 Å². The van der Waals surface area contributed by atoms with Crippen LogP contribution < -0.4 is 0 Å². The van der Waals surface area contributed by atoms with Gasteiger partial charge in [-0.3, -0.25) is 0 Å². The maximum Gasteiger partial charge on any atom is 0.187 e. The van der Waals surface area contributed by atoms with Gasteiger partial charge >= 0.3 is 0 Å². The van der Waals surface area contributed by atoms with Crippen molar-refractivity contribution in [2.45, 2.75) is 93.7 Å². The molecule has 2 heterocycles. The summed E-state index contributed by atoms with van der Waals surface area (Å²) in [7, 11) is 0. The van der Waals surface area contributed by atoms with Crippen LogP contribution >= 0.6 is 0 Å². The number of hydrogen-bond acceptors (Lipinski definition) is 12. The average molecular weight is 543 g/mol. The Morgan fingerprint density at radius 3 is 2.13 bits per heavy atom. The smallest absolute Gasteiger partial charge is 0.187 e. The lowest BCUT2D eigenvalue weighted by molar-refractivity contribution is -0.369. The molecule has 0 aromatic carbocycles. The second-order valence-electron chi connectivity index (χ2n) is 8.75. The molecule has 0 amide bonds. The molecule has 0 radical (unpaired) electrons. The van der Waals surface area contributed by atoms with Crippen LogP contribution in [0.4, 0.5) is 0 Å². The zero-order chi connectivity index (χ0) is 28.1. The van der Waals surface area contributed by atoms with Gasteiger partial charge in [-0.1, -0.05) is 30.1 Å². The van der Waals surface area contributed by atoms with E-state index in [1.165, 1.54) is 0 Å². The van der Waals surface area contributed by atoms with Crippen molar-refractivity contribution in [1.82, 2.24) is 0 Å². The van der Waals surface area contributed by atoms with E-state index < -0.39 is 80.7 Å². The van der Waals surface area contributed by atoms with Gasteiger partial charge in [0, 0.05) is 13.0 Å². The molecule has 12 heteroatoms. The van der Waals surface area contributed by atoms with E-state index in [1.54, 1.807) is 24.3 Å². The summed E-state index contributed by atoms with van der Waals surface area (Å²) in [5, 5.41) is 79.8. The van der Waals surface area contributed by atoms with E-state index >= 15 is 0 Å². The van der Waals surface area contributed by atoms with Gasteiger partial charge < -0.3 is 59.8 Å². The zero-order valence-electron chi connectivity index (χ0n) is 21.1. The monoisotopic (exact) mass is 542 g/mol. The highest BCUT2D eigenvalue weighted by molar-refractivity contribution is 5.30. The molecule has 8 N–H and O–H groups in total. The molecule has 0 saturated carbocycles. The van der Waals surface area contributed by atoms with Crippen molar-refractivity contribution in [2.24, 2.45) is 0 Å². The molecule has 0 spiro atoms. The summed E-state index contributed by atoms with van der Waals surface area (Å²) in [5.74, 6) is 10.9. The lowest BCUT2D eigenvalue weighted by atomic mass is 9.97. The van der Waals surface area contributed by atoms with E-state index in [2.05, 4.69) is 23.7 Å². The molecule has 2 aliphatic heterocycles. The summed E-state index contributed by atoms with van der Waals surface area (Å²) in [6.45, 7) is 0.475. The molecular weight excluding hydrogens is 504 g/mol. The van der Waals surface area contributed by atoms with Crippen molar-refractivity contribution < 1.29 is 59.8 Å². The first-order valence-electron chi connectivity index (χ1n) is 12.4. The van der Waals surface area contributed by atoms with Crippen LogP contribution in [0.15, 0.2) is 24.3 Å². The lowest BCUT2D eigenvalue weighted by Crippen LogP contribution is -2.64. The summed E-state index contributed by atoms with van der Waals surface area (Å²) < 4.78 is 22.7. The molecular formula is C26H38O12. The summed E-state index contributed by atoms with van der Waals surface area (Å²) in [4.78, 5) is 0. The van der Waals surface area contributed by atoms with Gasteiger partial charge in [0.15, 0.2) is 12.6 Å². The first-order valence-corrected chi connectivity index (χ1v) is 12.4. The minimum atomic E-state index is -1.77. The maximum atomic E-state index is 10.8. The number of allylic oxidation sites excluding steroid dienone is 3. The highest BCUT2D eigenvalue weighted by Gasteiger charge is 2.51. The molecule has 11 atom stereocenters. The average Bonchev–Trinajstić information content (AvgIpc) is 2.92. The maximum absolute atomic E-state index is 10.8. The van der Waals surface area contributed by atoms with Crippen LogP contribution in [0.1, 0.15) is 26.2 Å². The molecule has 12 nitrogen and oxygen atoms in total. The Kier molecular flexibility index (Phi) is 14.4. The second kappa shape index (κ2) is 16.9. The minimum Gasteiger partial charge on any atom is -0.396 e. The molecule has 2 saturated heterocycles. The summed E-state index contributed by atoms with van der Waals surface area (Å²) in [6, 6.07) is 0.